The van der Waals surface area contributed by atoms with Gasteiger partial charge in [-0.15, -0.1) is 0 Å². The van der Waals surface area contributed by atoms with Gasteiger partial charge in [-0.25, -0.2) is 0 Å². The maximum atomic E-state index is 7.62. The lowest BCUT2D eigenvalue weighted by Crippen LogP contribution is -2.49. The van der Waals surface area contributed by atoms with Gasteiger partial charge in [-0.2, -0.15) is 0 Å². The largest absolute Gasteiger partial charge is 0.394 e. The highest BCUT2D eigenvalue weighted by atomic mass is 16.3. The molecule has 4 aliphatic rings. The molecule has 0 radical (unpaired) electrons. The molecular weight excluding hydrogens is 368 g/mol. The molecule has 0 bridgehead atoms. The van der Waals surface area contributed by atoms with E-state index in [1.165, 1.54) is 70.6 Å². The predicted octanol–water partition coefficient (Wildman–Crippen LogP) is 7.14. The second-order valence-electron chi connectivity index (χ2n) is 11.9. The Morgan fingerprint density at radius 2 is 1.73 bits per heavy atom. The molecule has 4 rings (SSSR count). The molecule has 6 atom stereocenters. The van der Waals surface area contributed by atoms with Crippen molar-refractivity contribution < 1.29 is 10.2 Å². The van der Waals surface area contributed by atoms with E-state index >= 15 is 0 Å². The van der Waals surface area contributed by atoms with Crippen molar-refractivity contribution in [2.45, 2.75) is 111 Å². The number of hydrogen-bond acceptors (Lipinski definition) is 2. The molecule has 30 heavy (non-hydrogen) atoms. The third-order valence-electron chi connectivity index (χ3n) is 9.90. The van der Waals surface area contributed by atoms with Gasteiger partial charge in [0.1, 0.15) is 0 Å². The highest BCUT2D eigenvalue weighted by molar-refractivity contribution is 5.24. The van der Waals surface area contributed by atoms with Crippen LogP contribution in [0.1, 0.15) is 111 Å². The van der Waals surface area contributed by atoms with Gasteiger partial charge in [-0.3, -0.25) is 0 Å². The van der Waals surface area contributed by atoms with Crippen molar-refractivity contribution >= 4 is 0 Å². The zero-order chi connectivity index (χ0) is 21.8. The molecule has 2 N–H and O–H groups in total. The Bertz CT molecular complexity index is 565. The number of fused-ring (bicyclic) bond motifs is 5. The first kappa shape index (κ1) is 24.3. The van der Waals surface area contributed by atoms with Crippen LogP contribution in [0.2, 0.25) is 0 Å². The zero-order valence-corrected chi connectivity index (χ0v) is 20.5. The molecule has 0 heterocycles. The van der Waals surface area contributed by atoms with Crippen molar-refractivity contribution in [2.24, 2.45) is 40.4 Å². The lowest BCUT2D eigenvalue weighted by Gasteiger charge is -2.57. The van der Waals surface area contributed by atoms with E-state index in [1.807, 2.05) is 5.57 Å². The van der Waals surface area contributed by atoms with Gasteiger partial charge in [0.2, 0.25) is 0 Å². The van der Waals surface area contributed by atoms with Gasteiger partial charge >= 0.3 is 0 Å². The summed E-state index contributed by atoms with van der Waals surface area (Å²) < 4.78 is 0. The molecule has 0 aliphatic heterocycles. The van der Waals surface area contributed by atoms with Gasteiger partial charge in [0.25, 0.3) is 0 Å². The number of unbranched alkanes of at least 4 members (excludes halogenated alkanes) is 1. The molecule has 3 fully saturated rings. The van der Waals surface area contributed by atoms with E-state index in [-0.39, 0.29) is 13.2 Å². The summed E-state index contributed by atoms with van der Waals surface area (Å²) in [5.74, 6) is 4.98. The smallest absolute Gasteiger partial charge is 0.0662 e. The Morgan fingerprint density at radius 3 is 2.43 bits per heavy atom. The first-order chi connectivity index (χ1) is 14.4. The Morgan fingerprint density at radius 1 is 0.967 bits per heavy atom. The Hall–Kier alpha value is -0.340. The van der Waals surface area contributed by atoms with Crippen molar-refractivity contribution in [1.29, 1.82) is 0 Å². The Balaban J connectivity index is 0.000000589. The van der Waals surface area contributed by atoms with Crippen LogP contribution in [0.15, 0.2) is 11.6 Å². The number of hydrogen-bond donors (Lipinski definition) is 2. The quantitative estimate of drug-likeness (QED) is 0.355. The van der Waals surface area contributed by atoms with Crippen LogP contribution in [0.3, 0.4) is 0 Å². The molecule has 3 saturated carbocycles. The summed E-state index contributed by atoms with van der Waals surface area (Å²) in [5.41, 5.74) is 3.13. The molecule has 0 amide bonds. The fourth-order valence-electron chi connectivity index (χ4n) is 8.22. The van der Waals surface area contributed by atoms with Gasteiger partial charge in [-0.05, 0) is 98.2 Å². The highest BCUT2D eigenvalue weighted by Crippen LogP contribution is 2.66. The topological polar surface area (TPSA) is 40.5 Å². The van der Waals surface area contributed by atoms with Gasteiger partial charge in [0.15, 0.2) is 0 Å². The zero-order valence-electron chi connectivity index (χ0n) is 20.5. The first-order valence-corrected chi connectivity index (χ1v) is 13.3. The van der Waals surface area contributed by atoms with Gasteiger partial charge in [-0.1, -0.05) is 65.0 Å². The summed E-state index contributed by atoms with van der Waals surface area (Å²) in [7, 11) is 0. The molecule has 0 aromatic heterocycles. The molecule has 2 nitrogen and oxygen atoms in total. The van der Waals surface area contributed by atoms with Crippen molar-refractivity contribution in [3.05, 3.63) is 11.6 Å². The number of aliphatic hydroxyl groups excluding tert-OH is 2. The standard InChI is InChI=1S/C26H44.C2H6O2/c1-19(2)9-5-6-10-21-13-15-23-22-14-12-20-11-7-8-17-25(20,3)24(22)16-18-26(21,23)4;3-1-2-4/h12,19,21-24H,5-11,13-18H2,1-4H3;3-4H,1-2H2. The van der Waals surface area contributed by atoms with Gasteiger partial charge in [0.05, 0.1) is 13.2 Å². The van der Waals surface area contributed by atoms with E-state index in [1.54, 1.807) is 12.8 Å². The van der Waals surface area contributed by atoms with E-state index in [4.69, 9.17) is 10.2 Å². The van der Waals surface area contributed by atoms with Crippen LogP contribution in [0.4, 0.5) is 0 Å². The summed E-state index contributed by atoms with van der Waals surface area (Å²) in [4.78, 5) is 0. The third kappa shape index (κ3) is 4.85. The first-order valence-electron chi connectivity index (χ1n) is 13.3. The lowest BCUT2D eigenvalue weighted by atomic mass is 9.47. The van der Waals surface area contributed by atoms with Crippen molar-refractivity contribution in [2.75, 3.05) is 13.2 Å². The average molecular weight is 419 g/mol. The minimum absolute atomic E-state index is 0.125. The fraction of sp³-hybridized carbons (Fsp3) is 0.929. The van der Waals surface area contributed by atoms with Gasteiger partial charge < -0.3 is 10.2 Å². The third-order valence-corrected chi connectivity index (χ3v) is 9.90. The minimum atomic E-state index is -0.125. The molecule has 0 aromatic rings. The minimum Gasteiger partial charge on any atom is -0.394 e. The maximum Gasteiger partial charge on any atom is 0.0662 e. The second kappa shape index (κ2) is 10.5. The van der Waals surface area contributed by atoms with E-state index in [0.29, 0.717) is 10.8 Å². The van der Waals surface area contributed by atoms with Crippen LogP contribution >= 0.6 is 0 Å². The maximum absolute atomic E-state index is 7.62. The Kier molecular flexibility index (Phi) is 8.52. The fourth-order valence-corrected chi connectivity index (χ4v) is 8.22. The average Bonchev–Trinajstić information content (AvgIpc) is 3.07. The molecular formula is C28H50O2. The van der Waals surface area contributed by atoms with Crippen LogP contribution in [-0.2, 0) is 0 Å². The number of rotatable bonds is 6. The second-order valence-corrected chi connectivity index (χ2v) is 11.9. The van der Waals surface area contributed by atoms with Crippen molar-refractivity contribution in [3.63, 3.8) is 0 Å². The van der Waals surface area contributed by atoms with E-state index in [2.05, 4.69) is 33.8 Å². The summed E-state index contributed by atoms with van der Waals surface area (Å²) >= 11 is 0. The Labute approximate surface area is 186 Å². The van der Waals surface area contributed by atoms with Crippen molar-refractivity contribution in [1.82, 2.24) is 0 Å². The van der Waals surface area contributed by atoms with Crippen LogP contribution < -0.4 is 0 Å². The molecule has 0 spiro atoms. The summed E-state index contributed by atoms with van der Waals surface area (Å²) in [5, 5.41) is 15.2. The van der Waals surface area contributed by atoms with E-state index in [0.717, 1.165) is 29.6 Å². The van der Waals surface area contributed by atoms with Crippen LogP contribution in [0, 0.1) is 40.4 Å². The van der Waals surface area contributed by atoms with Crippen LogP contribution in [-0.4, -0.2) is 23.4 Å². The molecule has 174 valence electrons. The SMILES string of the molecule is CC(C)CCCCC1CCC2C3CC=C4CCCCC4(C)C3CCC12C.OCCO. The van der Waals surface area contributed by atoms with Crippen LogP contribution in [0.5, 0.6) is 0 Å². The van der Waals surface area contributed by atoms with E-state index in [9.17, 15) is 0 Å². The molecule has 4 aliphatic carbocycles. The van der Waals surface area contributed by atoms with Gasteiger partial charge in [0, 0.05) is 0 Å². The van der Waals surface area contributed by atoms with Crippen molar-refractivity contribution in [3.8, 4) is 0 Å². The number of aliphatic hydroxyl groups is 2. The molecule has 0 saturated heterocycles. The summed E-state index contributed by atoms with van der Waals surface area (Å²) in [6.45, 7) is 9.89. The van der Waals surface area contributed by atoms with E-state index < -0.39 is 0 Å². The van der Waals surface area contributed by atoms with Crippen LogP contribution in [0.25, 0.3) is 0 Å². The predicted molar refractivity (Wildman–Crippen MR) is 127 cm³/mol. The summed E-state index contributed by atoms with van der Waals surface area (Å²) in [6, 6.07) is 0. The lowest BCUT2D eigenvalue weighted by molar-refractivity contribution is -0.0425. The molecule has 2 heteroatoms. The highest BCUT2D eigenvalue weighted by Gasteiger charge is 2.57. The normalized spacial score (nSPS) is 40.0. The monoisotopic (exact) mass is 418 g/mol. The molecule has 0 aromatic carbocycles. The summed E-state index contributed by atoms with van der Waals surface area (Å²) in [6.07, 6.45) is 22.1. The number of allylic oxidation sites excluding steroid dienone is 2. The molecule has 6 unspecified atom stereocenters.